The molecule has 0 saturated heterocycles. The molecule has 0 aromatic heterocycles. The summed E-state index contributed by atoms with van der Waals surface area (Å²) >= 11 is 0. The molecule has 1 amide bonds. The third-order valence-corrected chi connectivity index (χ3v) is 3.46. The number of nitrogens with two attached hydrogens (primary N) is 3. The maximum Gasteiger partial charge on any atom is 0.221 e. The lowest BCUT2D eigenvalue weighted by Crippen LogP contribution is -2.53. The summed E-state index contributed by atoms with van der Waals surface area (Å²) in [6, 6.07) is -1.18. The molecule has 2 saturated carbocycles. The summed E-state index contributed by atoms with van der Waals surface area (Å²) < 4.78 is 0. The highest BCUT2D eigenvalue weighted by Gasteiger charge is 2.58. The van der Waals surface area contributed by atoms with E-state index >= 15 is 0 Å². The van der Waals surface area contributed by atoms with Gasteiger partial charge < -0.3 is 17.2 Å². The molecule has 2 aliphatic carbocycles. The molecule has 6 nitrogen and oxygen atoms in total. The Balaban J connectivity index is 2.41. The van der Waals surface area contributed by atoms with Gasteiger partial charge in [0.15, 0.2) is 0 Å². The summed E-state index contributed by atoms with van der Waals surface area (Å²) in [5.74, 6) is -3.79. The molecule has 5 unspecified atom stereocenters. The third-order valence-electron chi connectivity index (χ3n) is 3.46. The van der Waals surface area contributed by atoms with Gasteiger partial charge in [-0.3, -0.25) is 14.4 Å². The van der Waals surface area contributed by atoms with E-state index in [-0.39, 0.29) is 6.42 Å². The van der Waals surface area contributed by atoms with Crippen LogP contribution >= 0.6 is 0 Å². The minimum absolute atomic E-state index is 0.274. The number of amides is 1. The van der Waals surface area contributed by atoms with Crippen LogP contribution in [0.2, 0.25) is 0 Å². The zero-order chi connectivity index (χ0) is 11.3. The summed E-state index contributed by atoms with van der Waals surface area (Å²) in [4.78, 5) is 34.2. The highest BCUT2D eigenvalue weighted by molar-refractivity contribution is 6.42. The SMILES string of the molecule is NC(=O)C1CC(N)C2C(=O)C(=O)C1C2N. The minimum atomic E-state index is -0.750. The van der Waals surface area contributed by atoms with Crippen molar-refractivity contribution in [2.75, 3.05) is 0 Å². The van der Waals surface area contributed by atoms with Crippen LogP contribution in [0.15, 0.2) is 0 Å². The molecule has 5 atom stereocenters. The average Bonchev–Trinajstić information content (AvgIpc) is 2.28. The lowest BCUT2D eigenvalue weighted by atomic mass is 9.73. The lowest BCUT2D eigenvalue weighted by Gasteiger charge is -2.34. The smallest absolute Gasteiger partial charge is 0.221 e. The van der Waals surface area contributed by atoms with Crippen molar-refractivity contribution >= 4 is 17.5 Å². The largest absolute Gasteiger partial charge is 0.369 e. The summed E-state index contributed by atoms with van der Waals surface area (Å²) in [7, 11) is 0. The first-order chi connectivity index (χ1) is 6.95. The van der Waals surface area contributed by atoms with Crippen molar-refractivity contribution in [3.05, 3.63) is 0 Å². The van der Waals surface area contributed by atoms with E-state index in [1.54, 1.807) is 0 Å². The normalized spacial score (nSPS) is 44.5. The summed E-state index contributed by atoms with van der Waals surface area (Å²) in [6.45, 7) is 0. The Kier molecular flexibility index (Phi) is 2.13. The Morgan fingerprint density at radius 3 is 2.20 bits per heavy atom. The molecule has 0 aromatic carbocycles. The third kappa shape index (κ3) is 1.22. The number of rotatable bonds is 1. The van der Waals surface area contributed by atoms with Crippen LogP contribution in [0.1, 0.15) is 6.42 Å². The van der Waals surface area contributed by atoms with Gasteiger partial charge in [-0.1, -0.05) is 0 Å². The van der Waals surface area contributed by atoms with Crippen LogP contribution in [-0.2, 0) is 14.4 Å². The van der Waals surface area contributed by atoms with E-state index in [0.717, 1.165) is 0 Å². The van der Waals surface area contributed by atoms with E-state index < -0.39 is 47.3 Å². The molecule has 6 N–H and O–H groups in total. The van der Waals surface area contributed by atoms with Gasteiger partial charge >= 0.3 is 0 Å². The van der Waals surface area contributed by atoms with E-state index in [1.165, 1.54) is 0 Å². The van der Waals surface area contributed by atoms with Crippen molar-refractivity contribution < 1.29 is 14.4 Å². The van der Waals surface area contributed by atoms with Gasteiger partial charge in [0, 0.05) is 12.1 Å². The van der Waals surface area contributed by atoms with Crippen molar-refractivity contribution in [1.82, 2.24) is 0 Å². The van der Waals surface area contributed by atoms with Gasteiger partial charge in [0.05, 0.1) is 17.8 Å². The summed E-state index contributed by atoms with van der Waals surface area (Å²) in [5, 5.41) is 0. The van der Waals surface area contributed by atoms with Crippen molar-refractivity contribution in [3.63, 3.8) is 0 Å². The quantitative estimate of drug-likeness (QED) is 0.414. The van der Waals surface area contributed by atoms with E-state index in [2.05, 4.69) is 0 Å². The number of hydrogen-bond acceptors (Lipinski definition) is 5. The molecule has 0 aromatic rings. The molecule has 2 aliphatic rings. The number of carbonyl (C=O) groups excluding carboxylic acids is 3. The molecule has 2 bridgehead atoms. The Labute approximate surface area is 86.2 Å². The Hall–Kier alpha value is -1.27. The van der Waals surface area contributed by atoms with Gasteiger partial charge in [-0.2, -0.15) is 0 Å². The average molecular weight is 211 g/mol. The fourth-order valence-electron chi connectivity index (χ4n) is 2.71. The van der Waals surface area contributed by atoms with Gasteiger partial charge in [-0.05, 0) is 6.42 Å². The van der Waals surface area contributed by atoms with Crippen molar-refractivity contribution in [2.24, 2.45) is 35.0 Å². The second-order valence-electron chi connectivity index (χ2n) is 4.27. The maximum atomic E-state index is 11.6. The molecule has 0 heterocycles. The van der Waals surface area contributed by atoms with Crippen LogP contribution in [0.5, 0.6) is 0 Å². The lowest BCUT2D eigenvalue weighted by molar-refractivity contribution is -0.138. The van der Waals surface area contributed by atoms with Gasteiger partial charge in [-0.15, -0.1) is 0 Å². The highest BCUT2D eigenvalue weighted by Crippen LogP contribution is 2.39. The molecule has 0 aliphatic heterocycles. The zero-order valence-corrected chi connectivity index (χ0v) is 8.05. The number of primary amides is 1. The Bertz CT molecular complexity index is 355. The topological polar surface area (TPSA) is 129 Å². The fourth-order valence-corrected chi connectivity index (χ4v) is 2.71. The fraction of sp³-hybridized carbons (Fsp3) is 0.667. The van der Waals surface area contributed by atoms with Crippen LogP contribution in [0, 0.1) is 17.8 Å². The molecular formula is C9H13N3O3. The first kappa shape index (κ1) is 10.3. The van der Waals surface area contributed by atoms with E-state index in [9.17, 15) is 14.4 Å². The van der Waals surface area contributed by atoms with Gasteiger partial charge in [0.1, 0.15) is 0 Å². The van der Waals surface area contributed by atoms with Crippen LogP contribution in [0.3, 0.4) is 0 Å². The second kappa shape index (κ2) is 3.11. The number of fused-ring (bicyclic) bond motifs is 2. The number of hydrogen-bond donors (Lipinski definition) is 3. The predicted octanol–water partition coefficient (Wildman–Crippen LogP) is -2.47. The molecule has 0 spiro atoms. The molecule has 15 heavy (non-hydrogen) atoms. The number of ketones is 2. The standard InChI is InChI=1S/C9H13N3O3/c10-3-1-2(9(12)15)4-6(11)5(3)8(14)7(4)13/h2-6H,1,10-11H2,(H2,12,15). The first-order valence-corrected chi connectivity index (χ1v) is 4.83. The van der Waals surface area contributed by atoms with Crippen LogP contribution < -0.4 is 17.2 Å². The Morgan fingerprint density at radius 1 is 1.13 bits per heavy atom. The van der Waals surface area contributed by atoms with Gasteiger partial charge in [-0.25, -0.2) is 0 Å². The summed E-state index contributed by atoms with van der Waals surface area (Å²) in [5.41, 5.74) is 16.7. The van der Waals surface area contributed by atoms with E-state index in [0.29, 0.717) is 0 Å². The first-order valence-electron chi connectivity index (χ1n) is 4.83. The van der Waals surface area contributed by atoms with Crippen LogP contribution in [0.4, 0.5) is 0 Å². The molecule has 2 fully saturated rings. The Morgan fingerprint density at radius 2 is 1.67 bits per heavy atom. The van der Waals surface area contributed by atoms with Crippen LogP contribution in [0.25, 0.3) is 0 Å². The molecule has 6 heteroatoms. The second-order valence-corrected chi connectivity index (χ2v) is 4.27. The maximum absolute atomic E-state index is 11.6. The number of Topliss-reactive ketones (excluding diaryl/α,β-unsaturated/α-hetero) is 2. The zero-order valence-electron chi connectivity index (χ0n) is 8.05. The minimum Gasteiger partial charge on any atom is -0.369 e. The number of carbonyl (C=O) groups is 3. The molecule has 0 radical (unpaired) electrons. The van der Waals surface area contributed by atoms with Crippen LogP contribution in [-0.4, -0.2) is 29.6 Å². The molecule has 82 valence electrons. The predicted molar refractivity (Wildman–Crippen MR) is 50.2 cm³/mol. The molecule has 2 rings (SSSR count). The summed E-state index contributed by atoms with van der Waals surface area (Å²) in [6.07, 6.45) is 0.274. The molecular weight excluding hydrogens is 198 g/mol. The van der Waals surface area contributed by atoms with Gasteiger partial charge in [0.2, 0.25) is 17.5 Å². The van der Waals surface area contributed by atoms with Crippen molar-refractivity contribution in [3.8, 4) is 0 Å². The van der Waals surface area contributed by atoms with E-state index in [1.807, 2.05) is 0 Å². The monoisotopic (exact) mass is 211 g/mol. The van der Waals surface area contributed by atoms with Crippen molar-refractivity contribution in [1.29, 1.82) is 0 Å². The van der Waals surface area contributed by atoms with Crippen molar-refractivity contribution in [2.45, 2.75) is 18.5 Å². The van der Waals surface area contributed by atoms with Gasteiger partial charge in [0.25, 0.3) is 0 Å². The highest BCUT2D eigenvalue weighted by atomic mass is 16.2. The van der Waals surface area contributed by atoms with E-state index in [4.69, 9.17) is 17.2 Å².